The van der Waals surface area contributed by atoms with Gasteiger partial charge in [0.05, 0.1) is 12.6 Å². The Hall–Kier alpha value is -3.09. The van der Waals surface area contributed by atoms with Crippen LogP contribution in [0.4, 0.5) is 0 Å². The summed E-state index contributed by atoms with van der Waals surface area (Å²) < 4.78 is 13.3. The SMILES string of the molecule is Cc1nnc2n1C(C)CN(C(=O)c1ccc(Oc3ccccc3)o1)C2. The third-order valence-corrected chi connectivity index (χ3v) is 4.24. The lowest BCUT2D eigenvalue weighted by Gasteiger charge is -2.31. The summed E-state index contributed by atoms with van der Waals surface area (Å²) in [5.74, 6) is 2.68. The molecule has 0 saturated carbocycles. The van der Waals surface area contributed by atoms with Crippen molar-refractivity contribution in [3.8, 4) is 11.7 Å². The summed E-state index contributed by atoms with van der Waals surface area (Å²) in [6.07, 6.45) is 0. The Morgan fingerprint density at radius 1 is 1.20 bits per heavy atom. The van der Waals surface area contributed by atoms with Crippen LogP contribution in [-0.4, -0.2) is 32.1 Å². The maximum absolute atomic E-state index is 12.7. The van der Waals surface area contributed by atoms with Crippen LogP contribution in [0.5, 0.6) is 11.7 Å². The van der Waals surface area contributed by atoms with E-state index in [0.717, 1.165) is 11.6 Å². The van der Waals surface area contributed by atoms with Gasteiger partial charge in [0, 0.05) is 12.6 Å². The zero-order valence-electron chi connectivity index (χ0n) is 14.0. The Kier molecular flexibility index (Phi) is 3.76. The zero-order valence-corrected chi connectivity index (χ0v) is 14.0. The number of aromatic nitrogens is 3. The summed E-state index contributed by atoms with van der Waals surface area (Å²) in [7, 11) is 0. The molecule has 1 atom stereocenters. The van der Waals surface area contributed by atoms with Crippen molar-refractivity contribution >= 4 is 5.91 Å². The molecule has 0 bridgehead atoms. The number of carbonyl (C=O) groups excluding carboxylic acids is 1. The van der Waals surface area contributed by atoms with E-state index >= 15 is 0 Å². The van der Waals surface area contributed by atoms with Crippen LogP contribution >= 0.6 is 0 Å². The number of carbonyl (C=O) groups is 1. The van der Waals surface area contributed by atoms with Crippen molar-refractivity contribution in [1.29, 1.82) is 0 Å². The molecule has 7 nitrogen and oxygen atoms in total. The van der Waals surface area contributed by atoms with Crippen molar-refractivity contribution in [2.75, 3.05) is 6.54 Å². The van der Waals surface area contributed by atoms with Crippen LogP contribution < -0.4 is 4.74 Å². The highest BCUT2D eigenvalue weighted by molar-refractivity contribution is 5.91. The van der Waals surface area contributed by atoms with Gasteiger partial charge >= 0.3 is 0 Å². The van der Waals surface area contributed by atoms with Gasteiger partial charge in [0.1, 0.15) is 11.6 Å². The summed E-state index contributed by atoms with van der Waals surface area (Å²) in [6.45, 7) is 4.97. The minimum absolute atomic E-state index is 0.123. The van der Waals surface area contributed by atoms with Crippen molar-refractivity contribution in [1.82, 2.24) is 19.7 Å². The van der Waals surface area contributed by atoms with Crippen LogP contribution in [0.2, 0.25) is 0 Å². The predicted octanol–water partition coefficient (Wildman–Crippen LogP) is 3.19. The molecule has 0 aliphatic carbocycles. The molecule has 1 aromatic carbocycles. The van der Waals surface area contributed by atoms with Gasteiger partial charge < -0.3 is 18.6 Å². The number of fused-ring (bicyclic) bond motifs is 1. The number of hydrogen-bond donors (Lipinski definition) is 0. The van der Waals surface area contributed by atoms with Crippen LogP contribution in [0.25, 0.3) is 0 Å². The van der Waals surface area contributed by atoms with Crippen molar-refractivity contribution in [2.24, 2.45) is 0 Å². The molecule has 1 unspecified atom stereocenters. The first-order valence-electron chi connectivity index (χ1n) is 8.14. The molecule has 0 N–H and O–H groups in total. The number of furan rings is 1. The third-order valence-electron chi connectivity index (χ3n) is 4.24. The largest absolute Gasteiger partial charge is 0.426 e. The molecule has 0 fully saturated rings. The molecule has 1 aliphatic rings. The van der Waals surface area contributed by atoms with Gasteiger partial charge in [-0.15, -0.1) is 10.2 Å². The molecule has 2 aromatic heterocycles. The van der Waals surface area contributed by atoms with Crippen molar-refractivity contribution in [3.63, 3.8) is 0 Å². The standard InChI is InChI=1S/C18H18N4O3/c1-12-10-21(11-16-20-19-13(2)22(12)16)18(23)15-8-9-17(25-15)24-14-6-4-3-5-7-14/h3-9,12H,10-11H2,1-2H3. The molecule has 7 heteroatoms. The first kappa shape index (κ1) is 15.4. The molecular formula is C18H18N4O3. The van der Waals surface area contributed by atoms with E-state index in [1.165, 1.54) is 0 Å². The van der Waals surface area contributed by atoms with Crippen LogP contribution in [0.1, 0.15) is 35.2 Å². The van der Waals surface area contributed by atoms with E-state index in [0.29, 0.717) is 24.8 Å². The lowest BCUT2D eigenvalue weighted by Crippen LogP contribution is -2.40. The number of para-hydroxylation sites is 1. The van der Waals surface area contributed by atoms with Crippen LogP contribution in [0.15, 0.2) is 46.9 Å². The van der Waals surface area contributed by atoms with E-state index in [2.05, 4.69) is 14.8 Å². The average Bonchev–Trinajstić information content (AvgIpc) is 3.22. The van der Waals surface area contributed by atoms with Gasteiger partial charge in [0.25, 0.3) is 11.9 Å². The van der Waals surface area contributed by atoms with E-state index in [9.17, 15) is 4.79 Å². The number of benzene rings is 1. The maximum Gasteiger partial charge on any atom is 0.290 e. The van der Waals surface area contributed by atoms with Gasteiger partial charge in [-0.25, -0.2) is 0 Å². The van der Waals surface area contributed by atoms with E-state index < -0.39 is 0 Å². The minimum atomic E-state index is -0.179. The number of nitrogens with zero attached hydrogens (tertiary/aromatic N) is 4. The monoisotopic (exact) mass is 338 g/mol. The zero-order chi connectivity index (χ0) is 17.4. The number of rotatable bonds is 3. The Bertz CT molecular complexity index is 900. The molecule has 0 saturated heterocycles. The smallest absolute Gasteiger partial charge is 0.290 e. The summed E-state index contributed by atoms with van der Waals surface area (Å²) in [5, 5.41) is 8.26. The summed E-state index contributed by atoms with van der Waals surface area (Å²) in [6, 6.07) is 12.7. The van der Waals surface area contributed by atoms with Gasteiger partial charge in [-0.2, -0.15) is 0 Å². The lowest BCUT2D eigenvalue weighted by atomic mass is 10.2. The number of hydrogen-bond acceptors (Lipinski definition) is 5. The summed E-state index contributed by atoms with van der Waals surface area (Å²) in [5.41, 5.74) is 0. The molecule has 3 aromatic rings. The summed E-state index contributed by atoms with van der Waals surface area (Å²) in [4.78, 5) is 14.5. The average molecular weight is 338 g/mol. The Balaban J connectivity index is 1.50. The minimum Gasteiger partial charge on any atom is -0.426 e. The fraction of sp³-hybridized carbons (Fsp3) is 0.278. The molecule has 25 heavy (non-hydrogen) atoms. The first-order valence-corrected chi connectivity index (χ1v) is 8.14. The molecule has 1 aliphatic heterocycles. The molecular weight excluding hydrogens is 320 g/mol. The van der Waals surface area contributed by atoms with Crippen LogP contribution in [0.3, 0.4) is 0 Å². The molecule has 3 heterocycles. The van der Waals surface area contributed by atoms with E-state index in [4.69, 9.17) is 9.15 Å². The first-order chi connectivity index (χ1) is 12.1. The molecule has 128 valence electrons. The van der Waals surface area contributed by atoms with Gasteiger partial charge in [0.2, 0.25) is 0 Å². The molecule has 1 amide bonds. The number of amides is 1. The van der Waals surface area contributed by atoms with Gasteiger partial charge in [-0.3, -0.25) is 4.79 Å². The van der Waals surface area contributed by atoms with Gasteiger partial charge in [0.15, 0.2) is 11.6 Å². The fourth-order valence-electron chi connectivity index (χ4n) is 3.14. The second-order valence-electron chi connectivity index (χ2n) is 6.10. The van der Waals surface area contributed by atoms with Crippen molar-refractivity contribution < 1.29 is 13.9 Å². The normalized spacial score (nSPS) is 16.6. The molecule has 0 spiro atoms. The number of ether oxygens (including phenoxy) is 1. The third kappa shape index (κ3) is 2.88. The second kappa shape index (κ2) is 6.08. The van der Waals surface area contributed by atoms with Crippen LogP contribution in [0, 0.1) is 6.92 Å². The second-order valence-corrected chi connectivity index (χ2v) is 6.10. The van der Waals surface area contributed by atoms with Crippen molar-refractivity contribution in [3.05, 3.63) is 59.9 Å². The highest BCUT2D eigenvalue weighted by Crippen LogP contribution is 2.26. The van der Waals surface area contributed by atoms with E-state index in [1.807, 2.05) is 44.2 Å². The molecule has 0 radical (unpaired) electrons. The molecule has 4 rings (SSSR count). The highest BCUT2D eigenvalue weighted by Gasteiger charge is 2.30. The lowest BCUT2D eigenvalue weighted by molar-refractivity contribution is 0.0643. The highest BCUT2D eigenvalue weighted by atomic mass is 16.6. The number of aryl methyl sites for hydroxylation is 1. The Labute approximate surface area is 144 Å². The quantitative estimate of drug-likeness (QED) is 0.733. The Morgan fingerprint density at radius 2 is 2.00 bits per heavy atom. The topological polar surface area (TPSA) is 73.4 Å². The fourth-order valence-corrected chi connectivity index (χ4v) is 3.14. The Morgan fingerprint density at radius 3 is 2.80 bits per heavy atom. The van der Waals surface area contributed by atoms with E-state index in [1.54, 1.807) is 17.0 Å². The van der Waals surface area contributed by atoms with Gasteiger partial charge in [-0.05, 0) is 32.0 Å². The maximum atomic E-state index is 12.7. The van der Waals surface area contributed by atoms with Crippen molar-refractivity contribution in [2.45, 2.75) is 26.4 Å². The van der Waals surface area contributed by atoms with Crippen LogP contribution in [-0.2, 0) is 6.54 Å². The summed E-state index contributed by atoms with van der Waals surface area (Å²) >= 11 is 0. The van der Waals surface area contributed by atoms with Gasteiger partial charge in [-0.1, -0.05) is 18.2 Å². The predicted molar refractivity (Wildman–Crippen MR) is 89.4 cm³/mol. The van der Waals surface area contributed by atoms with E-state index in [-0.39, 0.29) is 17.7 Å².